The van der Waals surface area contributed by atoms with Crippen molar-refractivity contribution >= 4 is 0 Å². The van der Waals surface area contributed by atoms with Crippen LogP contribution in [0.3, 0.4) is 0 Å². The van der Waals surface area contributed by atoms with Crippen LogP contribution in [0.25, 0.3) is 0 Å². The highest BCUT2D eigenvalue weighted by Crippen LogP contribution is 2.43. The lowest BCUT2D eigenvalue weighted by molar-refractivity contribution is 0.0942. The van der Waals surface area contributed by atoms with Gasteiger partial charge in [-0.15, -0.1) is 6.58 Å². The fraction of sp³-hybridized carbons (Fsp3) is 0.882. The summed E-state index contributed by atoms with van der Waals surface area (Å²) in [4.78, 5) is 0. The molecule has 0 aliphatic heterocycles. The minimum Gasteiger partial charge on any atom is -0.314 e. The Bertz CT molecular complexity index is 267. The van der Waals surface area contributed by atoms with Crippen LogP contribution in [0.15, 0.2) is 12.2 Å². The van der Waals surface area contributed by atoms with E-state index < -0.39 is 0 Å². The summed E-state index contributed by atoms with van der Waals surface area (Å²) in [6.07, 6.45) is 6.52. The van der Waals surface area contributed by atoms with Gasteiger partial charge in [-0.3, -0.25) is 0 Å². The van der Waals surface area contributed by atoms with Gasteiger partial charge < -0.3 is 5.32 Å². The van der Waals surface area contributed by atoms with Crippen LogP contribution in [0.5, 0.6) is 0 Å². The monoisotopic (exact) mass is 251 g/mol. The number of allylic oxidation sites excluding steroid dienone is 1. The molecule has 1 saturated carbocycles. The maximum absolute atomic E-state index is 4.12. The molecule has 1 aliphatic rings. The van der Waals surface area contributed by atoms with Crippen molar-refractivity contribution in [2.75, 3.05) is 6.54 Å². The van der Waals surface area contributed by atoms with Gasteiger partial charge in [0, 0.05) is 6.04 Å². The molecule has 0 heterocycles. The summed E-state index contributed by atoms with van der Waals surface area (Å²) in [6, 6.07) is 0.711. The van der Waals surface area contributed by atoms with Gasteiger partial charge in [-0.05, 0) is 56.4 Å². The normalized spacial score (nSPS) is 29.3. The zero-order valence-electron chi connectivity index (χ0n) is 13.2. The molecule has 1 heteroatoms. The summed E-state index contributed by atoms with van der Waals surface area (Å²) in [5.41, 5.74) is 1.71. The highest BCUT2D eigenvalue weighted by molar-refractivity contribution is 5.00. The third kappa shape index (κ3) is 4.42. The van der Waals surface area contributed by atoms with Gasteiger partial charge in [0.15, 0.2) is 0 Å². The second-order valence-corrected chi connectivity index (χ2v) is 7.21. The molecule has 0 aromatic rings. The Hall–Kier alpha value is -0.300. The lowest BCUT2D eigenvalue weighted by Crippen LogP contribution is -2.47. The molecule has 1 rings (SSSR count). The highest BCUT2D eigenvalue weighted by atomic mass is 14.9. The lowest BCUT2D eigenvalue weighted by atomic mass is 9.64. The second-order valence-electron chi connectivity index (χ2n) is 7.21. The van der Waals surface area contributed by atoms with Gasteiger partial charge in [0.1, 0.15) is 0 Å². The maximum atomic E-state index is 4.12. The van der Waals surface area contributed by atoms with E-state index in [1.165, 1.54) is 31.3 Å². The van der Waals surface area contributed by atoms with Crippen molar-refractivity contribution in [1.82, 2.24) is 5.32 Å². The van der Waals surface area contributed by atoms with Crippen molar-refractivity contribution in [2.45, 2.75) is 72.8 Å². The predicted octanol–water partition coefficient (Wildman–Crippen LogP) is 4.78. The first kappa shape index (κ1) is 15.8. The smallest absolute Gasteiger partial charge is 0.0103 e. The topological polar surface area (TPSA) is 12.0 Å². The fourth-order valence-electron chi connectivity index (χ4n) is 3.78. The molecule has 0 aromatic heterocycles. The average Bonchev–Trinajstić information content (AvgIpc) is 2.24. The summed E-state index contributed by atoms with van der Waals surface area (Å²) in [5.74, 6) is 1.69. The van der Waals surface area contributed by atoms with E-state index in [9.17, 15) is 0 Å². The van der Waals surface area contributed by atoms with Crippen LogP contribution in [-0.4, -0.2) is 12.6 Å². The van der Waals surface area contributed by atoms with Crippen molar-refractivity contribution < 1.29 is 0 Å². The van der Waals surface area contributed by atoms with Gasteiger partial charge in [-0.1, -0.05) is 39.7 Å². The minimum atomic E-state index is 0.386. The van der Waals surface area contributed by atoms with Crippen molar-refractivity contribution in [1.29, 1.82) is 0 Å². The first-order valence-corrected chi connectivity index (χ1v) is 7.74. The number of rotatable bonds is 6. The SMILES string of the molecule is C=C(C)CC(C)(C)C1CCC(C)CC1NCCC. The predicted molar refractivity (Wildman–Crippen MR) is 81.8 cm³/mol. The molecule has 0 amide bonds. The number of hydrogen-bond acceptors (Lipinski definition) is 1. The molecule has 1 fully saturated rings. The van der Waals surface area contributed by atoms with Crippen LogP contribution >= 0.6 is 0 Å². The molecule has 0 spiro atoms. The Morgan fingerprint density at radius 3 is 2.56 bits per heavy atom. The van der Waals surface area contributed by atoms with Crippen LogP contribution < -0.4 is 5.32 Å². The average molecular weight is 251 g/mol. The van der Waals surface area contributed by atoms with E-state index in [1.54, 1.807) is 0 Å². The lowest BCUT2D eigenvalue weighted by Gasteiger charge is -2.45. The molecule has 3 atom stereocenters. The molecule has 1 nitrogen and oxygen atoms in total. The molecule has 3 unspecified atom stereocenters. The number of nitrogens with one attached hydrogen (secondary N) is 1. The molecule has 1 N–H and O–H groups in total. The largest absolute Gasteiger partial charge is 0.314 e. The van der Waals surface area contributed by atoms with E-state index in [1.807, 2.05) is 0 Å². The summed E-state index contributed by atoms with van der Waals surface area (Å²) < 4.78 is 0. The van der Waals surface area contributed by atoms with E-state index in [-0.39, 0.29) is 0 Å². The molecule has 18 heavy (non-hydrogen) atoms. The van der Waals surface area contributed by atoms with E-state index in [2.05, 4.69) is 46.5 Å². The second kappa shape index (κ2) is 6.75. The van der Waals surface area contributed by atoms with Gasteiger partial charge in [0.25, 0.3) is 0 Å². The van der Waals surface area contributed by atoms with Crippen molar-refractivity contribution in [3.8, 4) is 0 Å². The third-order valence-corrected chi connectivity index (χ3v) is 4.53. The Morgan fingerprint density at radius 2 is 2.00 bits per heavy atom. The minimum absolute atomic E-state index is 0.386. The van der Waals surface area contributed by atoms with Crippen molar-refractivity contribution in [2.24, 2.45) is 17.3 Å². The van der Waals surface area contributed by atoms with E-state index in [0.29, 0.717) is 11.5 Å². The van der Waals surface area contributed by atoms with Gasteiger partial charge in [0.2, 0.25) is 0 Å². The van der Waals surface area contributed by atoms with Crippen LogP contribution in [0.4, 0.5) is 0 Å². The quantitative estimate of drug-likeness (QED) is 0.670. The molecule has 0 bridgehead atoms. The third-order valence-electron chi connectivity index (χ3n) is 4.53. The molecular weight excluding hydrogens is 218 g/mol. The highest BCUT2D eigenvalue weighted by Gasteiger charge is 2.38. The van der Waals surface area contributed by atoms with E-state index in [0.717, 1.165) is 24.8 Å². The molecular formula is C17H33N. The van der Waals surface area contributed by atoms with Crippen LogP contribution in [-0.2, 0) is 0 Å². The maximum Gasteiger partial charge on any atom is 0.0103 e. The Labute approximate surface area is 114 Å². The molecule has 1 aliphatic carbocycles. The van der Waals surface area contributed by atoms with E-state index >= 15 is 0 Å². The van der Waals surface area contributed by atoms with Crippen LogP contribution in [0.1, 0.15) is 66.7 Å². The molecule has 0 saturated heterocycles. The van der Waals surface area contributed by atoms with Gasteiger partial charge in [-0.25, -0.2) is 0 Å². The van der Waals surface area contributed by atoms with E-state index in [4.69, 9.17) is 0 Å². The molecule has 106 valence electrons. The Morgan fingerprint density at radius 1 is 1.33 bits per heavy atom. The zero-order valence-corrected chi connectivity index (χ0v) is 13.2. The van der Waals surface area contributed by atoms with Crippen LogP contribution in [0.2, 0.25) is 0 Å². The summed E-state index contributed by atoms with van der Waals surface area (Å²) in [6.45, 7) is 17.0. The first-order valence-electron chi connectivity index (χ1n) is 7.74. The van der Waals surface area contributed by atoms with Crippen molar-refractivity contribution in [3.05, 3.63) is 12.2 Å². The first-order chi connectivity index (χ1) is 8.36. The fourth-order valence-corrected chi connectivity index (χ4v) is 3.78. The van der Waals surface area contributed by atoms with Gasteiger partial charge >= 0.3 is 0 Å². The van der Waals surface area contributed by atoms with Gasteiger partial charge in [0.05, 0.1) is 0 Å². The summed E-state index contributed by atoms with van der Waals surface area (Å²) in [7, 11) is 0. The van der Waals surface area contributed by atoms with Gasteiger partial charge in [-0.2, -0.15) is 0 Å². The molecule has 0 aromatic carbocycles. The Balaban J connectivity index is 2.71. The van der Waals surface area contributed by atoms with Crippen molar-refractivity contribution in [3.63, 3.8) is 0 Å². The Kier molecular flexibility index (Phi) is 5.91. The number of hydrogen-bond donors (Lipinski definition) is 1. The summed E-state index contributed by atoms with van der Waals surface area (Å²) in [5, 5.41) is 3.80. The zero-order chi connectivity index (χ0) is 13.8. The molecule has 0 radical (unpaired) electrons. The summed E-state index contributed by atoms with van der Waals surface area (Å²) >= 11 is 0. The standard InChI is InChI=1S/C17H33N/c1-7-10-18-16-11-14(4)8-9-15(16)17(5,6)12-13(2)3/h14-16,18H,2,7-12H2,1,3-6H3. The van der Waals surface area contributed by atoms with Crippen LogP contribution in [0, 0.1) is 17.3 Å².